The van der Waals surface area contributed by atoms with Crippen molar-refractivity contribution in [3.63, 3.8) is 0 Å². The first-order valence-corrected chi connectivity index (χ1v) is 7.54. The molecule has 0 amide bonds. The van der Waals surface area contributed by atoms with Gasteiger partial charge in [-0.3, -0.25) is 0 Å². The second-order valence-corrected chi connectivity index (χ2v) is 5.18. The summed E-state index contributed by atoms with van der Waals surface area (Å²) in [6.45, 7) is 6.07. The van der Waals surface area contributed by atoms with Crippen LogP contribution in [0, 0.1) is 0 Å². The van der Waals surface area contributed by atoms with Crippen LogP contribution in [-0.2, 0) is 6.42 Å². The number of benzene rings is 1. The molecule has 1 heterocycles. The Morgan fingerprint density at radius 1 is 1.26 bits per heavy atom. The molecule has 1 fully saturated rings. The van der Waals surface area contributed by atoms with Crippen LogP contribution in [0.1, 0.15) is 31.7 Å². The van der Waals surface area contributed by atoms with Crippen molar-refractivity contribution in [1.82, 2.24) is 10.6 Å². The average molecular weight is 262 g/mol. The average Bonchev–Trinajstić information content (AvgIpc) is 2.47. The monoisotopic (exact) mass is 262 g/mol. The molecule has 3 nitrogen and oxygen atoms in total. The molecule has 0 aliphatic carbocycles. The molecule has 0 aromatic heterocycles. The third kappa shape index (κ3) is 5.21. The van der Waals surface area contributed by atoms with Crippen LogP contribution in [0.3, 0.4) is 0 Å². The van der Waals surface area contributed by atoms with Crippen molar-refractivity contribution in [2.45, 2.75) is 38.6 Å². The van der Waals surface area contributed by atoms with E-state index in [4.69, 9.17) is 4.74 Å². The highest BCUT2D eigenvalue weighted by Crippen LogP contribution is 2.12. The van der Waals surface area contributed by atoms with Crippen molar-refractivity contribution in [3.05, 3.63) is 29.8 Å². The number of ether oxygens (including phenoxy) is 1. The lowest BCUT2D eigenvalue weighted by Gasteiger charge is -2.23. The summed E-state index contributed by atoms with van der Waals surface area (Å²) < 4.78 is 5.44. The van der Waals surface area contributed by atoms with Gasteiger partial charge in [-0.2, -0.15) is 0 Å². The Labute approximate surface area is 116 Å². The van der Waals surface area contributed by atoms with Crippen LogP contribution in [0.4, 0.5) is 0 Å². The van der Waals surface area contributed by atoms with Gasteiger partial charge < -0.3 is 15.4 Å². The lowest BCUT2D eigenvalue weighted by molar-refractivity contribution is 0.340. The van der Waals surface area contributed by atoms with Crippen LogP contribution in [0.25, 0.3) is 0 Å². The van der Waals surface area contributed by atoms with Gasteiger partial charge in [0.25, 0.3) is 0 Å². The van der Waals surface area contributed by atoms with E-state index in [2.05, 4.69) is 34.9 Å². The van der Waals surface area contributed by atoms with Gasteiger partial charge in [0.05, 0.1) is 6.61 Å². The number of piperidine rings is 1. The highest BCUT2D eigenvalue weighted by molar-refractivity contribution is 5.27. The Hall–Kier alpha value is -1.06. The van der Waals surface area contributed by atoms with Crippen LogP contribution in [0.2, 0.25) is 0 Å². The van der Waals surface area contributed by atoms with Crippen LogP contribution >= 0.6 is 0 Å². The Morgan fingerprint density at radius 2 is 2.11 bits per heavy atom. The van der Waals surface area contributed by atoms with Crippen LogP contribution in [0.5, 0.6) is 5.75 Å². The zero-order valence-electron chi connectivity index (χ0n) is 12.0. The normalized spacial score (nSPS) is 19.3. The minimum absolute atomic E-state index is 0.675. The fourth-order valence-electron chi connectivity index (χ4n) is 2.53. The standard InChI is InChI=1S/C16H26N2O/c1-2-19-16-8-6-14(7-9-16)10-12-17-13-15-5-3-4-11-18-15/h6-9,15,17-18H,2-5,10-13H2,1H3. The molecule has 1 aromatic carbocycles. The van der Waals surface area contributed by atoms with Crippen molar-refractivity contribution in [3.8, 4) is 5.75 Å². The quantitative estimate of drug-likeness (QED) is 0.740. The third-order valence-electron chi connectivity index (χ3n) is 3.63. The smallest absolute Gasteiger partial charge is 0.119 e. The van der Waals surface area contributed by atoms with Gasteiger partial charge in [-0.25, -0.2) is 0 Å². The molecule has 1 saturated heterocycles. The molecule has 0 radical (unpaired) electrons. The minimum atomic E-state index is 0.675. The van der Waals surface area contributed by atoms with Gasteiger partial charge in [0.15, 0.2) is 0 Å². The Kier molecular flexibility index (Phi) is 6.18. The molecular weight excluding hydrogens is 236 g/mol. The van der Waals surface area contributed by atoms with Gasteiger partial charge in [-0.05, 0) is 57.0 Å². The molecule has 1 aliphatic rings. The van der Waals surface area contributed by atoms with E-state index in [1.54, 1.807) is 0 Å². The van der Waals surface area contributed by atoms with E-state index in [0.29, 0.717) is 6.04 Å². The van der Waals surface area contributed by atoms with Gasteiger partial charge in [0, 0.05) is 12.6 Å². The van der Waals surface area contributed by atoms with E-state index in [0.717, 1.165) is 31.9 Å². The predicted octanol–water partition coefficient (Wildman–Crippen LogP) is 2.36. The highest BCUT2D eigenvalue weighted by Gasteiger charge is 2.10. The third-order valence-corrected chi connectivity index (χ3v) is 3.63. The van der Waals surface area contributed by atoms with Crippen LogP contribution < -0.4 is 15.4 Å². The number of rotatable bonds is 7. The summed E-state index contributed by atoms with van der Waals surface area (Å²) in [5, 5.41) is 7.11. The van der Waals surface area contributed by atoms with E-state index in [1.165, 1.54) is 31.4 Å². The second kappa shape index (κ2) is 8.18. The lowest BCUT2D eigenvalue weighted by Crippen LogP contribution is -2.42. The summed E-state index contributed by atoms with van der Waals surface area (Å²) in [7, 11) is 0. The first-order chi connectivity index (χ1) is 9.38. The minimum Gasteiger partial charge on any atom is -0.494 e. The molecule has 0 saturated carbocycles. The van der Waals surface area contributed by atoms with Crippen molar-refractivity contribution in [2.75, 3.05) is 26.2 Å². The molecule has 19 heavy (non-hydrogen) atoms. The van der Waals surface area contributed by atoms with Crippen LogP contribution in [0.15, 0.2) is 24.3 Å². The Morgan fingerprint density at radius 3 is 2.79 bits per heavy atom. The number of hydrogen-bond donors (Lipinski definition) is 2. The highest BCUT2D eigenvalue weighted by atomic mass is 16.5. The summed E-state index contributed by atoms with van der Waals surface area (Å²) >= 11 is 0. The molecule has 0 bridgehead atoms. The molecule has 3 heteroatoms. The number of hydrogen-bond acceptors (Lipinski definition) is 3. The van der Waals surface area contributed by atoms with Gasteiger partial charge in [0.1, 0.15) is 5.75 Å². The Balaban J connectivity index is 1.62. The zero-order chi connectivity index (χ0) is 13.3. The fourth-order valence-corrected chi connectivity index (χ4v) is 2.53. The molecule has 106 valence electrons. The largest absolute Gasteiger partial charge is 0.494 e. The number of nitrogens with one attached hydrogen (secondary N) is 2. The first-order valence-electron chi connectivity index (χ1n) is 7.54. The maximum Gasteiger partial charge on any atom is 0.119 e. The molecular formula is C16H26N2O. The van der Waals surface area contributed by atoms with Crippen molar-refractivity contribution >= 4 is 0 Å². The summed E-state index contributed by atoms with van der Waals surface area (Å²) in [5.74, 6) is 0.964. The van der Waals surface area contributed by atoms with E-state index in [-0.39, 0.29) is 0 Å². The van der Waals surface area contributed by atoms with Crippen molar-refractivity contribution < 1.29 is 4.74 Å². The first kappa shape index (κ1) is 14.4. The fraction of sp³-hybridized carbons (Fsp3) is 0.625. The van der Waals surface area contributed by atoms with Gasteiger partial charge in [-0.1, -0.05) is 18.6 Å². The molecule has 0 spiro atoms. The van der Waals surface area contributed by atoms with Gasteiger partial charge in [-0.15, -0.1) is 0 Å². The molecule has 2 rings (SSSR count). The summed E-state index contributed by atoms with van der Waals surface area (Å²) in [6.07, 6.45) is 5.11. The SMILES string of the molecule is CCOc1ccc(CCNCC2CCCCN2)cc1. The van der Waals surface area contributed by atoms with Crippen molar-refractivity contribution in [1.29, 1.82) is 0 Å². The van der Waals surface area contributed by atoms with E-state index < -0.39 is 0 Å². The zero-order valence-corrected chi connectivity index (χ0v) is 12.0. The summed E-state index contributed by atoms with van der Waals surface area (Å²) in [6, 6.07) is 9.11. The molecule has 1 unspecified atom stereocenters. The molecule has 1 aromatic rings. The lowest BCUT2D eigenvalue weighted by atomic mass is 10.1. The van der Waals surface area contributed by atoms with Gasteiger partial charge in [0.2, 0.25) is 0 Å². The predicted molar refractivity (Wildman–Crippen MR) is 79.8 cm³/mol. The summed E-state index contributed by atoms with van der Waals surface area (Å²) in [4.78, 5) is 0. The van der Waals surface area contributed by atoms with Crippen LogP contribution in [-0.4, -0.2) is 32.3 Å². The molecule has 2 N–H and O–H groups in total. The van der Waals surface area contributed by atoms with E-state index in [9.17, 15) is 0 Å². The topological polar surface area (TPSA) is 33.3 Å². The molecule has 1 atom stereocenters. The maximum absolute atomic E-state index is 5.44. The maximum atomic E-state index is 5.44. The Bertz CT molecular complexity index is 344. The van der Waals surface area contributed by atoms with Gasteiger partial charge >= 0.3 is 0 Å². The molecule has 1 aliphatic heterocycles. The van der Waals surface area contributed by atoms with E-state index >= 15 is 0 Å². The summed E-state index contributed by atoms with van der Waals surface area (Å²) in [5.41, 5.74) is 1.37. The van der Waals surface area contributed by atoms with E-state index in [1.807, 2.05) is 6.92 Å². The second-order valence-electron chi connectivity index (χ2n) is 5.18. The van der Waals surface area contributed by atoms with Crippen molar-refractivity contribution in [2.24, 2.45) is 0 Å².